The normalized spacial score (nSPS) is 22.4. The molecular weight excluding hydrogens is 344 g/mol. The molecule has 142 valence electrons. The first kappa shape index (κ1) is 17.6. The van der Waals surface area contributed by atoms with Gasteiger partial charge in [-0.1, -0.05) is 12.1 Å². The van der Waals surface area contributed by atoms with Gasteiger partial charge in [0.15, 0.2) is 11.5 Å². The minimum atomic E-state index is -0.603. The highest BCUT2D eigenvalue weighted by molar-refractivity contribution is 5.82. The number of nitrogens with one attached hydrogen (secondary N) is 1. The van der Waals surface area contributed by atoms with E-state index >= 15 is 0 Å². The molecular formula is C20H24N4O3. The number of hydrogen-bond acceptors (Lipinski definition) is 6. The molecule has 1 aromatic carbocycles. The summed E-state index contributed by atoms with van der Waals surface area (Å²) in [5.74, 6) is 2.15. The van der Waals surface area contributed by atoms with E-state index < -0.39 is 6.10 Å². The fourth-order valence-corrected chi connectivity index (χ4v) is 3.56. The number of para-hydroxylation sites is 2. The van der Waals surface area contributed by atoms with Crippen LogP contribution in [0.5, 0.6) is 11.5 Å². The molecule has 1 saturated heterocycles. The zero-order chi connectivity index (χ0) is 18.8. The number of hydrogen-bond donors (Lipinski definition) is 1. The Morgan fingerprint density at radius 2 is 1.85 bits per heavy atom. The molecule has 0 saturated carbocycles. The molecule has 2 aliphatic heterocycles. The van der Waals surface area contributed by atoms with Crippen molar-refractivity contribution in [1.82, 2.24) is 14.9 Å². The van der Waals surface area contributed by atoms with Crippen LogP contribution >= 0.6 is 0 Å². The van der Waals surface area contributed by atoms with E-state index in [9.17, 15) is 4.79 Å². The van der Waals surface area contributed by atoms with Crippen LogP contribution in [-0.4, -0.2) is 52.1 Å². The molecule has 2 aliphatic rings. The van der Waals surface area contributed by atoms with Gasteiger partial charge >= 0.3 is 0 Å². The third-order valence-corrected chi connectivity index (χ3v) is 5.05. The molecule has 0 aliphatic carbocycles. The first-order chi connectivity index (χ1) is 13.1. The Hall–Kier alpha value is -2.83. The van der Waals surface area contributed by atoms with Crippen LogP contribution in [0.2, 0.25) is 0 Å². The van der Waals surface area contributed by atoms with Crippen LogP contribution in [0.15, 0.2) is 36.7 Å². The summed E-state index contributed by atoms with van der Waals surface area (Å²) in [7, 11) is 0. The number of ether oxygens (including phenoxy) is 2. The topological polar surface area (TPSA) is 76.6 Å². The van der Waals surface area contributed by atoms with Crippen LogP contribution < -0.4 is 14.8 Å². The number of rotatable bonds is 3. The van der Waals surface area contributed by atoms with Gasteiger partial charge in [0.1, 0.15) is 18.2 Å². The van der Waals surface area contributed by atoms with Crippen LogP contribution in [0.25, 0.3) is 0 Å². The summed E-state index contributed by atoms with van der Waals surface area (Å²) in [6, 6.07) is 9.70. The summed E-state index contributed by atoms with van der Waals surface area (Å²) in [5.41, 5.74) is 0.934. The van der Waals surface area contributed by atoms with Crippen molar-refractivity contribution in [1.29, 1.82) is 0 Å². The van der Waals surface area contributed by atoms with Gasteiger partial charge in [-0.2, -0.15) is 0 Å². The van der Waals surface area contributed by atoms with E-state index in [1.54, 1.807) is 6.33 Å². The molecule has 0 radical (unpaired) electrons. The molecule has 4 rings (SSSR count). The molecule has 0 bridgehead atoms. The number of fused-ring (bicyclic) bond motifs is 1. The van der Waals surface area contributed by atoms with E-state index in [2.05, 4.69) is 15.3 Å². The molecule has 1 amide bonds. The molecule has 1 N–H and O–H groups in total. The van der Waals surface area contributed by atoms with Crippen molar-refractivity contribution >= 4 is 11.7 Å². The van der Waals surface area contributed by atoms with E-state index in [1.165, 1.54) is 0 Å². The summed E-state index contributed by atoms with van der Waals surface area (Å²) in [5, 5.41) is 3.44. The van der Waals surface area contributed by atoms with Crippen molar-refractivity contribution in [2.24, 2.45) is 0 Å². The SMILES string of the molecule is Cc1cc(NC2CCN(C(=O)C3Oc4ccccc4OC3C)CC2)ncn1. The Morgan fingerprint density at radius 1 is 1.15 bits per heavy atom. The lowest BCUT2D eigenvalue weighted by molar-refractivity contribution is -0.145. The second-order valence-electron chi connectivity index (χ2n) is 7.10. The standard InChI is InChI=1S/C20H24N4O3/c1-13-11-18(22-12-21-13)23-15-7-9-24(10-8-15)20(25)19-14(2)26-16-5-3-4-6-17(16)27-19/h3-6,11-12,14-15,19H,7-10H2,1-2H3,(H,21,22,23). The Labute approximate surface area is 158 Å². The number of carbonyl (C=O) groups is 1. The van der Waals surface area contributed by atoms with Gasteiger partial charge in [-0.25, -0.2) is 9.97 Å². The second kappa shape index (κ2) is 7.42. The van der Waals surface area contributed by atoms with Gasteiger partial charge < -0.3 is 19.7 Å². The van der Waals surface area contributed by atoms with Crippen molar-refractivity contribution < 1.29 is 14.3 Å². The molecule has 1 aromatic heterocycles. The Kier molecular flexibility index (Phi) is 4.83. The van der Waals surface area contributed by atoms with E-state index in [1.807, 2.05) is 49.1 Å². The quantitative estimate of drug-likeness (QED) is 0.897. The maximum atomic E-state index is 13.0. The summed E-state index contributed by atoms with van der Waals surface area (Å²) in [4.78, 5) is 23.2. The number of aromatic nitrogens is 2. The first-order valence-electron chi connectivity index (χ1n) is 9.36. The predicted molar refractivity (Wildman–Crippen MR) is 101 cm³/mol. The van der Waals surface area contributed by atoms with Crippen LogP contribution in [0.4, 0.5) is 5.82 Å². The van der Waals surface area contributed by atoms with E-state index in [0.717, 1.165) is 24.4 Å². The number of aryl methyl sites for hydroxylation is 1. The van der Waals surface area contributed by atoms with Gasteiger partial charge in [0.05, 0.1) is 0 Å². The maximum Gasteiger partial charge on any atom is 0.267 e. The summed E-state index contributed by atoms with van der Waals surface area (Å²) in [6.45, 7) is 5.20. The average Bonchev–Trinajstić information content (AvgIpc) is 2.67. The van der Waals surface area contributed by atoms with Gasteiger partial charge in [-0.05, 0) is 38.8 Å². The van der Waals surface area contributed by atoms with Gasteiger partial charge in [0, 0.05) is 30.9 Å². The summed E-state index contributed by atoms with van der Waals surface area (Å²) < 4.78 is 11.8. The number of nitrogens with zero attached hydrogens (tertiary/aromatic N) is 3. The van der Waals surface area contributed by atoms with Gasteiger partial charge in [-0.3, -0.25) is 4.79 Å². The lowest BCUT2D eigenvalue weighted by Crippen LogP contribution is -2.53. The zero-order valence-corrected chi connectivity index (χ0v) is 15.6. The Balaban J connectivity index is 1.35. The molecule has 1 fully saturated rings. The molecule has 2 aromatic rings. The van der Waals surface area contributed by atoms with Gasteiger partial charge in [-0.15, -0.1) is 0 Å². The van der Waals surface area contributed by atoms with E-state index in [0.29, 0.717) is 30.6 Å². The number of piperidine rings is 1. The van der Waals surface area contributed by atoms with Crippen LogP contribution in [0.3, 0.4) is 0 Å². The highest BCUT2D eigenvalue weighted by Crippen LogP contribution is 2.34. The smallest absolute Gasteiger partial charge is 0.267 e. The van der Waals surface area contributed by atoms with Crippen LogP contribution in [-0.2, 0) is 4.79 Å². The highest BCUT2D eigenvalue weighted by Gasteiger charge is 2.37. The van der Waals surface area contributed by atoms with Crippen molar-refractivity contribution in [2.75, 3.05) is 18.4 Å². The molecule has 2 atom stereocenters. The minimum Gasteiger partial charge on any atom is -0.482 e. The van der Waals surface area contributed by atoms with E-state index in [-0.39, 0.29) is 12.0 Å². The van der Waals surface area contributed by atoms with Crippen molar-refractivity contribution in [2.45, 2.75) is 44.9 Å². The number of likely N-dealkylation sites (tertiary alicyclic amines) is 1. The lowest BCUT2D eigenvalue weighted by Gasteiger charge is -2.37. The minimum absolute atomic E-state index is 0.00617. The number of carbonyl (C=O) groups excluding carboxylic acids is 1. The molecule has 7 heteroatoms. The van der Waals surface area contributed by atoms with Crippen molar-refractivity contribution in [3.8, 4) is 11.5 Å². The Morgan fingerprint density at radius 3 is 2.56 bits per heavy atom. The number of anilines is 1. The zero-order valence-electron chi connectivity index (χ0n) is 15.6. The van der Waals surface area contributed by atoms with E-state index in [4.69, 9.17) is 9.47 Å². The second-order valence-corrected chi connectivity index (χ2v) is 7.10. The van der Waals surface area contributed by atoms with Crippen molar-refractivity contribution in [3.05, 3.63) is 42.4 Å². The average molecular weight is 368 g/mol. The third-order valence-electron chi connectivity index (χ3n) is 5.05. The third kappa shape index (κ3) is 3.82. The lowest BCUT2D eigenvalue weighted by atomic mass is 10.0. The first-order valence-corrected chi connectivity index (χ1v) is 9.36. The molecule has 27 heavy (non-hydrogen) atoms. The summed E-state index contributed by atoms with van der Waals surface area (Å²) >= 11 is 0. The maximum absolute atomic E-state index is 13.0. The fourth-order valence-electron chi connectivity index (χ4n) is 3.56. The number of amides is 1. The number of benzene rings is 1. The molecule has 3 heterocycles. The van der Waals surface area contributed by atoms with Gasteiger partial charge in [0.25, 0.3) is 5.91 Å². The van der Waals surface area contributed by atoms with Gasteiger partial charge in [0.2, 0.25) is 6.10 Å². The monoisotopic (exact) mass is 368 g/mol. The van der Waals surface area contributed by atoms with Crippen LogP contribution in [0, 0.1) is 6.92 Å². The predicted octanol–water partition coefficient (Wildman–Crippen LogP) is 2.42. The van der Waals surface area contributed by atoms with Crippen molar-refractivity contribution in [3.63, 3.8) is 0 Å². The fraction of sp³-hybridized carbons (Fsp3) is 0.450. The largest absolute Gasteiger partial charge is 0.482 e. The molecule has 7 nitrogen and oxygen atoms in total. The van der Waals surface area contributed by atoms with Crippen LogP contribution in [0.1, 0.15) is 25.5 Å². The highest BCUT2D eigenvalue weighted by atomic mass is 16.6. The molecule has 0 spiro atoms. The Bertz CT molecular complexity index is 820. The molecule has 2 unspecified atom stereocenters. The summed E-state index contributed by atoms with van der Waals surface area (Å²) in [6.07, 6.45) is 2.39.